The summed E-state index contributed by atoms with van der Waals surface area (Å²) in [5, 5.41) is 0. The van der Waals surface area contributed by atoms with Crippen LogP contribution in [0.1, 0.15) is 13.8 Å². The van der Waals surface area contributed by atoms with E-state index in [1.165, 1.54) is 5.56 Å². The van der Waals surface area contributed by atoms with E-state index in [1.54, 1.807) is 0 Å². The van der Waals surface area contributed by atoms with Gasteiger partial charge in [-0.3, -0.25) is 0 Å². The van der Waals surface area contributed by atoms with Gasteiger partial charge >= 0.3 is 0 Å². The molecule has 0 unspecified atom stereocenters. The van der Waals surface area contributed by atoms with Crippen LogP contribution < -0.4 is 4.74 Å². The molecule has 0 saturated heterocycles. The van der Waals surface area contributed by atoms with Gasteiger partial charge in [0.2, 0.25) is 0 Å². The van der Waals surface area contributed by atoms with Gasteiger partial charge in [-0.1, -0.05) is 42.5 Å². The highest BCUT2D eigenvalue weighted by atomic mass is 79.9. The predicted molar refractivity (Wildman–Crippen MR) is 75.3 cm³/mol. The molecule has 0 N–H and O–H groups in total. The van der Waals surface area contributed by atoms with E-state index in [0.717, 1.165) is 15.8 Å². The Morgan fingerprint density at radius 1 is 0.941 bits per heavy atom. The zero-order valence-corrected chi connectivity index (χ0v) is 11.6. The molecule has 0 aliphatic heterocycles. The van der Waals surface area contributed by atoms with E-state index in [9.17, 15) is 0 Å². The zero-order valence-electron chi connectivity index (χ0n) is 9.98. The largest absolute Gasteiger partial charge is 0.489 e. The lowest BCUT2D eigenvalue weighted by molar-refractivity contribution is 0.242. The van der Waals surface area contributed by atoms with E-state index in [2.05, 4.69) is 34.1 Å². The molecule has 0 radical (unpaired) electrons. The molecule has 0 atom stereocenters. The Morgan fingerprint density at radius 3 is 2.29 bits per heavy atom. The van der Waals surface area contributed by atoms with Crippen molar-refractivity contribution in [1.82, 2.24) is 0 Å². The summed E-state index contributed by atoms with van der Waals surface area (Å²) in [6, 6.07) is 16.4. The van der Waals surface area contributed by atoms with Crippen molar-refractivity contribution in [2.75, 3.05) is 0 Å². The Bertz CT molecular complexity index is 492. The number of hydrogen-bond donors (Lipinski definition) is 0. The summed E-state index contributed by atoms with van der Waals surface area (Å²) in [5.41, 5.74) is 2.29. The van der Waals surface area contributed by atoms with Crippen molar-refractivity contribution in [1.29, 1.82) is 0 Å². The van der Waals surface area contributed by atoms with Crippen molar-refractivity contribution >= 4 is 15.9 Å². The molecule has 2 heteroatoms. The molecular formula is C15H15BrO. The average Bonchev–Trinajstić information content (AvgIpc) is 2.32. The minimum Gasteiger partial charge on any atom is -0.489 e. The van der Waals surface area contributed by atoms with Gasteiger partial charge in [0.1, 0.15) is 5.75 Å². The Morgan fingerprint density at radius 2 is 1.65 bits per heavy atom. The summed E-state index contributed by atoms with van der Waals surface area (Å²) < 4.78 is 6.88. The van der Waals surface area contributed by atoms with Gasteiger partial charge in [0.25, 0.3) is 0 Å². The van der Waals surface area contributed by atoms with Crippen molar-refractivity contribution in [3.05, 3.63) is 53.0 Å². The molecule has 0 amide bonds. The van der Waals surface area contributed by atoms with Crippen molar-refractivity contribution in [3.8, 4) is 16.9 Å². The molecule has 0 fully saturated rings. The molecule has 2 aromatic carbocycles. The summed E-state index contributed by atoms with van der Waals surface area (Å²) >= 11 is 3.55. The van der Waals surface area contributed by atoms with Gasteiger partial charge in [0.05, 0.1) is 10.6 Å². The minimum absolute atomic E-state index is 0.163. The van der Waals surface area contributed by atoms with Crippen LogP contribution in [0.3, 0.4) is 0 Å². The summed E-state index contributed by atoms with van der Waals surface area (Å²) in [5.74, 6) is 0.911. The quantitative estimate of drug-likeness (QED) is 0.781. The van der Waals surface area contributed by atoms with Crippen molar-refractivity contribution in [2.45, 2.75) is 20.0 Å². The fraction of sp³-hybridized carbons (Fsp3) is 0.200. The Kier molecular flexibility index (Phi) is 3.85. The Balaban J connectivity index is 2.50. The zero-order chi connectivity index (χ0) is 12.3. The van der Waals surface area contributed by atoms with Crippen LogP contribution in [-0.4, -0.2) is 6.10 Å². The molecule has 0 aliphatic rings. The van der Waals surface area contributed by atoms with Crippen LogP contribution in [0.5, 0.6) is 5.75 Å². The third kappa shape index (κ3) is 2.89. The molecule has 0 spiro atoms. The van der Waals surface area contributed by atoms with Crippen molar-refractivity contribution in [2.24, 2.45) is 0 Å². The first-order valence-corrected chi connectivity index (χ1v) is 6.48. The first-order valence-electron chi connectivity index (χ1n) is 5.69. The fourth-order valence-corrected chi connectivity index (χ4v) is 2.17. The van der Waals surface area contributed by atoms with Crippen molar-refractivity contribution in [3.63, 3.8) is 0 Å². The SMILES string of the molecule is CC(C)Oc1c(Br)cccc1-c1ccccc1. The second-order valence-corrected chi connectivity index (χ2v) is 5.00. The maximum Gasteiger partial charge on any atom is 0.141 e. The number of halogens is 1. The van der Waals surface area contributed by atoms with E-state index >= 15 is 0 Å². The lowest BCUT2D eigenvalue weighted by Crippen LogP contribution is -2.07. The number of ether oxygens (including phenoxy) is 1. The van der Waals surface area contributed by atoms with E-state index in [1.807, 2.05) is 44.2 Å². The van der Waals surface area contributed by atoms with Gasteiger partial charge in [0, 0.05) is 5.56 Å². The summed E-state index contributed by atoms with van der Waals surface area (Å²) in [6.45, 7) is 4.07. The van der Waals surface area contributed by atoms with E-state index in [-0.39, 0.29) is 6.10 Å². The number of hydrogen-bond acceptors (Lipinski definition) is 1. The maximum atomic E-state index is 5.88. The van der Waals surface area contributed by atoms with Gasteiger partial charge in [-0.05, 0) is 41.4 Å². The third-order valence-corrected chi connectivity index (χ3v) is 3.03. The van der Waals surface area contributed by atoms with Crippen LogP contribution in [0.2, 0.25) is 0 Å². The van der Waals surface area contributed by atoms with Gasteiger partial charge in [0.15, 0.2) is 0 Å². The van der Waals surface area contributed by atoms with Crippen LogP contribution in [0.4, 0.5) is 0 Å². The minimum atomic E-state index is 0.163. The molecular weight excluding hydrogens is 276 g/mol. The topological polar surface area (TPSA) is 9.23 Å². The molecule has 0 heterocycles. The molecule has 2 aromatic rings. The van der Waals surface area contributed by atoms with Gasteiger partial charge in [-0.25, -0.2) is 0 Å². The molecule has 1 nitrogen and oxygen atoms in total. The first kappa shape index (κ1) is 12.2. The van der Waals surface area contributed by atoms with E-state index < -0.39 is 0 Å². The smallest absolute Gasteiger partial charge is 0.141 e. The van der Waals surface area contributed by atoms with Crippen LogP contribution in [0.25, 0.3) is 11.1 Å². The standard InChI is InChI=1S/C15H15BrO/c1-11(2)17-15-13(9-6-10-14(15)16)12-7-4-3-5-8-12/h3-11H,1-2H3. The first-order chi connectivity index (χ1) is 8.18. The monoisotopic (exact) mass is 290 g/mol. The highest BCUT2D eigenvalue weighted by molar-refractivity contribution is 9.10. The molecule has 0 aliphatic carbocycles. The molecule has 0 bridgehead atoms. The molecule has 2 rings (SSSR count). The second-order valence-electron chi connectivity index (χ2n) is 4.15. The highest BCUT2D eigenvalue weighted by Crippen LogP contribution is 2.36. The van der Waals surface area contributed by atoms with Crippen LogP contribution in [0.15, 0.2) is 53.0 Å². The molecule has 0 saturated carbocycles. The van der Waals surface area contributed by atoms with Crippen LogP contribution >= 0.6 is 15.9 Å². The van der Waals surface area contributed by atoms with Crippen LogP contribution in [-0.2, 0) is 0 Å². The number of para-hydroxylation sites is 1. The predicted octanol–water partition coefficient (Wildman–Crippen LogP) is 4.90. The molecule has 17 heavy (non-hydrogen) atoms. The maximum absolute atomic E-state index is 5.88. The van der Waals surface area contributed by atoms with Crippen LogP contribution in [0, 0.1) is 0 Å². The Labute approximate surface area is 111 Å². The lowest BCUT2D eigenvalue weighted by Gasteiger charge is -2.16. The van der Waals surface area contributed by atoms with Gasteiger partial charge < -0.3 is 4.74 Å². The highest BCUT2D eigenvalue weighted by Gasteiger charge is 2.10. The Hall–Kier alpha value is -1.28. The normalized spacial score (nSPS) is 10.6. The van der Waals surface area contributed by atoms with E-state index in [0.29, 0.717) is 0 Å². The average molecular weight is 291 g/mol. The van der Waals surface area contributed by atoms with Gasteiger partial charge in [-0.2, -0.15) is 0 Å². The summed E-state index contributed by atoms with van der Waals surface area (Å²) in [4.78, 5) is 0. The third-order valence-electron chi connectivity index (χ3n) is 2.41. The number of benzene rings is 2. The van der Waals surface area contributed by atoms with Crippen molar-refractivity contribution < 1.29 is 4.74 Å². The molecule has 88 valence electrons. The second kappa shape index (κ2) is 5.37. The summed E-state index contributed by atoms with van der Waals surface area (Å²) in [7, 11) is 0. The summed E-state index contributed by atoms with van der Waals surface area (Å²) in [6.07, 6.45) is 0.163. The lowest BCUT2D eigenvalue weighted by atomic mass is 10.0. The van der Waals surface area contributed by atoms with Gasteiger partial charge in [-0.15, -0.1) is 0 Å². The molecule has 0 aromatic heterocycles. The van der Waals surface area contributed by atoms with E-state index in [4.69, 9.17) is 4.74 Å². The number of rotatable bonds is 3. The fourth-order valence-electron chi connectivity index (χ4n) is 1.71.